The summed E-state index contributed by atoms with van der Waals surface area (Å²) < 4.78 is 5.78. The van der Waals surface area contributed by atoms with Gasteiger partial charge in [0.2, 0.25) is 5.91 Å². The molecule has 0 bridgehead atoms. The van der Waals surface area contributed by atoms with Crippen LogP contribution in [0.3, 0.4) is 0 Å². The summed E-state index contributed by atoms with van der Waals surface area (Å²) in [6.07, 6.45) is 1.92. The van der Waals surface area contributed by atoms with E-state index in [2.05, 4.69) is 22.8 Å². The van der Waals surface area contributed by atoms with Gasteiger partial charge in [0.1, 0.15) is 5.75 Å². The minimum atomic E-state index is -0.175. The lowest BCUT2D eigenvalue weighted by molar-refractivity contribution is -0.114. The Morgan fingerprint density at radius 2 is 1.62 bits per heavy atom. The number of aryl methyl sites for hydroxylation is 1. The highest BCUT2D eigenvalue weighted by molar-refractivity contribution is 5.96. The summed E-state index contributed by atoms with van der Waals surface area (Å²) in [6.45, 7) is 0.733. The molecule has 166 valence electrons. The van der Waals surface area contributed by atoms with Crippen LogP contribution in [-0.2, 0) is 11.2 Å². The van der Waals surface area contributed by atoms with Crippen LogP contribution >= 0.6 is 0 Å². The molecule has 0 saturated heterocycles. The summed E-state index contributed by atoms with van der Waals surface area (Å²) in [7, 11) is 3.41. The average Bonchev–Trinajstić information content (AvgIpc) is 2.82. The Hall–Kier alpha value is -3.80. The second-order valence-corrected chi connectivity index (χ2v) is 7.64. The molecule has 3 rings (SSSR count). The van der Waals surface area contributed by atoms with Crippen LogP contribution in [0.1, 0.15) is 22.3 Å². The minimum Gasteiger partial charge on any atom is -0.494 e. The number of nitrogens with zero attached hydrogens (tertiary/aromatic N) is 1. The van der Waals surface area contributed by atoms with Gasteiger partial charge < -0.3 is 20.3 Å². The van der Waals surface area contributed by atoms with Crippen LogP contribution in [-0.4, -0.2) is 44.0 Å². The zero-order valence-corrected chi connectivity index (χ0v) is 18.5. The summed E-state index contributed by atoms with van der Waals surface area (Å²) in [4.78, 5) is 25.8. The van der Waals surface area contributed by atoms with E-state index < -0.39 is 0 Å². The predicted octanol–water partition coefficient (Wildman–Crippen LogP) is 4.45. The van der Waals surface area contributed by atoms with Crippen LogP contribution < -0.4 is 15.4 Å². The van der Waals surface area contributed by atoms with E-state index in [-0.39, 0.29) is 18.4 Å². The second-order valence-electron chi connectivity index (χ2n) is 7.64. The molecule has 0 fully saturated rings. The zero-order valence-electron chi connectivity index (χ0n) is 18.5. The van der Waals surface area contributed by atoms with Crippen molar-refractivity contribution in [2.45, 2.75) is 12.8 Å². The molecule has 32 heavy (non-hydrogen) atoms. The molecule has 0 aliphatic carbocycles. The van der Waals surface area contributed by atoms with Gasteiger partial charge in [-0.3, -0.25) is 9.59 Å². The Morgan fingerprint density at radius 3 is 2.34 bits per heavy atom. The van der Waals surface area contributed by atoms with Gasteiger partial charge in [0, 0.05) is 31.0 Å². The Kier molecular flexibility index (Phi) is 8.26. The van der Waals surface area contributed by atoms with Crippen molar-refractivity contribution in [3.63, 3.8) is 0 Å². The van der Waals surface area contributed by atoms with Crippen molar-refractivity contribution in [2.75, 3.05) is 37.9 Å². The molecule has 0 aliphatic rings. The molecular weight excluding hydrogens is 402 g/mol. The first-order chi connectivity index (χ1) is 15.5. The summed E-state index contributed by atoms with van der Waals surface area (Å²) in [5.41, 5.74) is 3.29. The SMILES string of the molecule is CN(C)C(=O)c1cccc(NCC(=O)Nc2ccc(OCCCc3ccccc3)cc2)c1. The van der Waals surface area contributed by atoms with Crippen molar-refractivity contribution in [1.82, 2.24) is 4.90 Å². The number of amides is 2. The Bertz CT molecular complexity index is 1020. The van der Waals surface area contributed by atoms with Crippen molar-refractivity contribution in [3.05, 3.63) is 90.0 Å². The average molecular weight is 432 g/mol. The first-order valence-corrected chi connectivity index (χ1v) is 10.6. The van der Waals surface area contributed by atoms with E-state index in [4.69, 9.17) is 4.74 Å². The van der Waals surface area contributed by atoms with E-state index in [0.29, 0.717) is 23.5 Å². The third kappa shape index (κ3) is 7.16. The number of hydrogen-bond donors (Lipinski definition) is 2. The van der Waals surface area contributed by atoms with Crippen molar-refractivity contribution >= 4 is 23.2 Å². The molecule has 0 saturated carbocycles. The Balaban J connectivity index is 1.41. The summed E-state index contributed by atoms with van der Waals surface area (Å²) in [5, 5.41) is 5.90. The first kappa shape index (κ1) is 22.9. The highest BCUT2D eigenvalue weighted by Crippen LogP contribution is 2.17. The van der Waals surface area contributed by atoms with E-state index in [9.17, 15) is 9.59 Å². The molecule has 2 amide bonds. The molecular formula is C26H29N3O3. The minimum absolute atomic E-state index is 0.0829. The fourth-order valence-corrected chi connectivity index (χ4v) is 3.15. The molecule has 0 radical (unpaired) electrons. The predicted molar refractivity (Wildman–Crippen MR) is 128 cm³/mol. The highest BCUT2D eigenvalue weighted by atomic mass is 16.5. The lowest BCUT2D eigenvalue weighted by Crippen LogP contribution is -2.23. The van der Waals surface area contributed by atoms with Gasteiger partial charge in [-0.15, -0.1) is 0 Å². The summed E-state index contributed by atoms with van der Waals surface area (Å²) >= 11 is 0. The number of anilines is 2. The molecule has 6 nitrogen and oxygen atoms in total. The molecule has 2 N–H and O–H groups in total. The van der Waals surface area contributed by atoms with Gasteiger partial charge in [-0.2, -0.15) is 0 Å². The molecule has 6 heteroatoms. The maximum absolute atomic E-state index is 12.3. The quantitative estimate of drug-likeness (QED) is 0.465. The number of carbonyl (C=O) groups is 2. The van der Waals surface area contributed by atoms with Crippen molar-refractivity contribution in [3.8, 4) is 5.75 Å². The number of nitrogens with one attached hydrogen (secondary N) is 2. The molecule has 0 unspecified atom stereocenters. The first-order valence-electron chi connectivity index (χ1n) is 10.6. The van der Waals surface area contributed by atoms with Crippen LogP contribution in [0.4, 0.5) is 11.4 Å². The third-order valence-electron chi connectivity index (χ3n) is 4.83. The Morgan fingerprint density at radius 1 is 0.875 bits per heavy atom. The molecule has 3 aromatic carbocycles. The van der Waals surface area contributed by atoms with Gasteiger partial charge >= 0.3 is 0 Å². The van der Waals surface area contributed by atoms with E-state index >= 15 is 0 Å². The molecule has 0 aliphatic heterocycles. The normalized spacial score (nSPS) is 10.3. The van der Waals surface area contributed by atoms with Crippen LogP contribution in [0.2, 0.25) is 0 Å². The number of hydrogen-bond acceptors (Lipinski definition) is 4. The smallest absolute Gasteiger partial charge is 0.253 e. The molecule has 0 heterocycles. The lowest BCUT2D eigenvalue weighted by atomic mass is 10.1. The van der Waals surface area contributed by atoms with Gasteiger partial charge in [-0.1, -0.05) is 36.4 Å². The zero-order chi connectivity index (χ0) is 22.8. The van der Waals surface area contributed by atoms with Crippen LogP contribution in [0.5, 0.6) is 5.75 Å². The summed E-state index contributed by atoms with van der Waals surface area (Å²) in [6, 6.07) is 24.8. The fourth-order valence-electron chi connectivity index (χ4n) is 3.15. The molecule has 0 atom stereocenters. The largest absolute Gasteiger partial charge is 0.494 e. The maximum Gasteiger partial charge on any atom is 0.253 e. The van der Waals surface area contributed by atoms with Gasteiger partial charge in [-0.05, 0) is 60.9 Å². The third-order valence-corrected chi connectivity index (χ3v) is 4.83. The van der Waals surface area contributed by atoms with Crippen LogP contribution in [0, 0.1) is 0 Å². The molecule has 0 aromatic heterocycles. The maximum atomic E-state index is 12.3. The van der Waals surface area contributed by atoms with Crippen molar-refractivity contribution in [1.29, 1.82) is 0 Å². The fraction of sp³-hybridized carbons (Fsp3) is 0.231. The van der Waals surface area contributed by atoms with E-state index in [1.54, 1.807) is 32.3 Å². The van der Waals surface area contributed by atoms with Gasteiger partial charge in [0.25, 0.3) is 5.91 Å². The van der Waals surface area contributed by atoms with E-state index in [1.807, 2.05) is 48.5 Å². The van der Waals surface area contributed by atoms with Crippen LogP contribution in [0.15, 0.2) is 78.9 Å². The molecule has 0 spiro atoms. The number of ether oxygens (including phenoxy) is 1. The number of carbonyl (C=O) groups excluding carboxylic acids is 2. The summed E-state index contributed by atoms with van der Waals surface area (Å²) in [5.74, 6) is 0.517. The monoisotopic (exact) mass is 431 g/mol. The standard InChI is InChI=1S/C26H29N3O3/c1-29(2)26(31)21-11-6-12-23(18-21)27-19-25(30)28-22-13-15-24(16-14-22)32-17-7-10-20-8-4-3-5-9-20/h3-6,8-9,11-16,18,27H,7,10,17,19H2,1-2H3,(H,28,30). The number of benzene rings is 3. The Labute approximate surface area is 189 Å². The van der Waals surface area contributed by atoms with Gasteiger partial charge in [-0.25, -0.2) is 0 Å². The van der Waals surface area contributed by atoms with Crippen molar-refractivity contribution < 1.29 is 14.3 Å². The van der Waals surface area contributed by atoms with E-state index in [1.165, 1.54) is 10.5 Å². The highest BCUT2D eigenvalue weighted by Gasteiger charge is 2.09. The number of rotatable bonds is 10. The topological polar surface area (TPSA) is 70.7 Å². The second kappa shape index (κ2) is 11.6. The van der Waals surface area contributed by atoms with E-state index in [0.717, 1.165) is 18.6 Å². The van der Waals surface area contributed by atoms with Crippen molar-refractivity contribution in [2.24, 2.45) is 0 Å². The lowest BCUT2D eigenvalue weighted by Gasteiger charge is -2.12. The van der Waals surface area contributed by atoms with Gasteiger partial charge in [0.05, 0.1) is 13.2 Å². The van der Waals surface area contributed by atoms with Gasteiger partial charge in [0.15, 0.2) is 0 Å². The molecule has 3 aromatic rings. The van der Waals surface area contributed by atoms with Crippen LogP contribution in [0.25, 0.3) is 0 Å².